The Bertz CT molecular complexity index is 652. The number of rotatable bonds is 3. The minimum atomic E-state index is 0.977. The van der Waals surface area contributed by atoms with Crippen molar-refractivity contribution in [3.8, 4) is 0 Å². The van der Waals surface area contributed by atoms with Crippen molar-refractivity contribution in [3.63, 3.8) is 0 Å². The van der Waals surface area contributed by atoms with Gasteiger partial charge in [0.2, 0.25) is 0 Å². The normalized spacial score (nSPS) is 21.2. The fourth-order valence-corrected chi connectivity index (χ4v) is 3.73. The van der Waals surface area contributed by atoms with Crippen LogP contribution < -0.4 is 4.90 Å². The monoisotopic (exact) mass is 314 g/mol. The number of nitrogens with one attached hydrogen (secondary N) is 1. The molecular formula is C17H26N6. The molecule has 0 spiro atoms. The standard InChI is InChI=1S/C17H26N6/c1-21-7-9-22(10-8-21)12-14-11-18-16-15(14)17(20-13-19-16)23-5-3-2-4-6-23/h11,13H,2-10,12H2,1H3,(H,18,19,20). The van der Waals surface area contributed by atoms with Crippen molar-refractivity contribution in [2.45, 2.75) is 25.8 Å². The van der Waals surface area contributed by atoms with Crippen LogP contribution in [0.4, 0.5) is 5.82 Å². The van der Waals surface area contributed by atoms with Gasteiger partial charge >= 0.3 is 0 Å². The summed E-state index contributed by atoms with van der Waals surface area (Å²) in [7, 11) is 2.20. The molecule has 124 valence electrons. The third-order valence-corrected chi connectivity index (χ3v) is 5.18. The van der Waals surface area contributed by atoms with Crippen LogP contribution in [0.5, 0.6) is 0 Å². The van der Waals surface area contributed by atoms with E-state index in [0.29, 0.717) is 0 Å². The van der Waals surface area contributed by atoms with Gasteiger partial charge in [0.05, 0.1) is 5.39 Å². The predicted octanol–water partition coefficient (Wildman–Crippen LogP) is 1.70. The number of H-pyrrole nitrogens is 1. The zero-order valence-corrected chi connectivity index (χ0v) is 14.0. The van der Waals surface area contributed by atoms with E-state index in [0.717, 1.165) is 57.3 Å². The average molecular weight is 314 g/mol. The van der Waals surface area contributed by atoms with Gasteiger partial charge in [0.1, 0.15) is 17.8 Å². The van der Waals surface area contributed by atoms with Crippen LogP contribution in [0.1, 0.15) is 24.8 Å². The minimum absolute atomic E-state index is 0.977. The van der Waals surface area contributed by atoms with Crippen molar-refractivity contribution >= 4 is 16.9 Å². The van der Waals surface area contributed by atoms with E-state index in [1.807, 2.05) is 0 Å². The van der Waals surface area contributed by atoms with Crippen LogP contribution in [0.2, 0.25) is 0 Å². The highest BCUT2D eigenvalue weighted by atomic mass is 15.2. The van der Waals surface area contributed by atoms with E-state index in [1.165, 1.54) is 30.2 Å². The Balaban J connectivity index is 1.62. The summed E-state index contributed by atoms with van der Waals surface area (Å²) in [6, 6.07) is 0. The first-order valence-corrected chi connectivity index (χ1v) is 8.78. The molecule has 2 aliphatic rings. The summed E-state index contributed by atoms with van der Waals surface area (Å²) in [5, 5.41) is 1.23. The van der Waals surface area contributed by atoms with Crippen LogP contribution in [0.25, 0.3) is 11.0 Å². The molecule has 0 aliphatic carbocycles. The number of hydrogen-bond donors (Lipinski definition) is 1. The van der Waals surface area contributed by atoms with Gasteiger partial charge in [0.15, 0.2) is 0 Å². The Hall–Kier alpha value is -1.66. The fraction of sp³-hybridized carbons (Fsp3) is 0.647. The lowest BCUT2D eigenvalue weighted by Gasteiger charge is -2.32. The quantitative estimate of drug-likeness (QED) is 0.934. The first-order chi connectivity index (χ1) is 11.3. The van der Waals surface area contributed by atoms with Gasteiger partial charge in [-0.15, -0.1) is 0 Å². The molecule has 0 atom stereocenters. The van der Waals surface area contributed by atoms with E-state index >= 15 is 0 Å². The molecule has 2 saturated heterocycles. The summed E-state index contributed by atoms with van der Waals surface area (Å²) >= 11 is 0. The number of likely N-dealkylation sites (N-methyl/N-ethyl adjacent to an activating group) is 1. The maximum absolute atomic E-state index is 4.64. The number of piperidine rings is 1. The van der Waals surface area contributed by atoms with Crippen LogP contribution in [-0.2, 0) is 6.54 Å². The highest BCUT2D eigenvalue weighted by Crippen LogP contribution is 2.29. The first-order valence-electron chi connectivity index (χ1n) is 8.78. The van der Waals surface area contributed by atoms with Crippen LogP contribution in [0, 0.1) is 0 Å². The molecular weight excluding hydrogens is 288 g/mol. The Morgan fingerprint density at radius 1 is 1.00 bits per heavy atom. The zero-order valence-electron chi connectivity index (χ0n) is 14.0. The Kier molecular flexibility index (Phi) is 4.18. The highest BCUT2D eigenvalue weighted by Gasteiger charge is 2.21. The number of fused-ring (bicyclic) bond motifs is 1. The number of nitrogens with zero attached hydrogens (tertiary/aromatic N) is 5. The van der Waals surface area contributed by atoms with E-state index in [-0.39, 0.29) is 0 Å². The van der Waals surface area contributed by atoms with Gasteiger partial charge in [0.25, 0.3) is 0 Å². The molecule has 6 nitrogen and oxygen atoms in total. The second-order valence-electron chi connectivity index (χ2n) is 6.86. The van der Waals surface area contributed by atoms with E-state index in [2.05, 4.69) is 42.9 Å². The fourth-order valence-electron chi connectivity index (χ4n) is 3.73. The van der Waals surface area contributed by atoms with E-state index in [1.54, 1.807) is 6.33 Å². The summed E-state index contributed by atoms with van der Waals surface area (Å²) in [4.78, 5) is 19.8. The zero-order chi connectivity index (χ0) is 15.6. The predicted molar refractivity (Wildman–Crippen MR) is 92.7 cm³/mol. The lowest BCUT2D eigenvalue weighted by molar-refractivity contribution is 0.148. The smallest absolute Gasteiger partial charge is 0.143 e. The third-order valence-electron chi connectivity index (χ3n) is 5.18. The van der Waals surface area contributed by atoms with E-state index < -0.39 is 0 Å². The van der Waals surface area contributed by atoms with Crippen LogP contribution in [-0.4, -0.2) is 71.1 Å². The Labute approximate surface area is 137 Å². The SMILES string of the molecule is CN1CCN(Cc2c[nH]c3ncnc(N4CCCCC4)c23)CC1. The molecule has 1 N–H and O–H groups in total. The van der Waals surface area contributed by atoms with Crippen LogP contribution >= 0.6 is 0 Å². The van der Waals surface area contributed by atoms with Gasteiger partial charge in [-0.05, 0) is 31.9 Å². The van der Waals surface area contributed by atoms with E-state index in [9.17, 15) is 0 Å². The van der Waals surface area contributed by atoms with Gasteiger partial charge in [-0.1, -0.05) is 0 Å². The minimum Gasteiger partial charge on any atom is -0.356 e. The summed E-state index contributed by atoms with van der Waals surface area (Å²) in [6.45, 7) is 7.79. The third kappa shape index (κ3) is 3.05. The second kappa shape index (κ2) is 6.45. The van der Waals surface area contributed by atoms with Crippen LogP contribution in [0.15, 0.2) is 12.5 Å². The van der Waals surface area contributed by atoms with Gasteiger partial charge in [-0.25, -0.2) is 9.97 Å². The number of aromatic amines is 1. The molecule has 0 amide bonds. The number of aromatic nitrogens is 3. The maximum atomic E-state index is 4.64. The van der Waals surface area contributed by atoms with Crippen molar-refractivity contribution < 1.29 is 0 Å². The van der Waals surface area contributed by atoms with Crippen LogP contribution in [0.3, 0.4) is 0 Å². The Morgan fingerprint density at radius 3 is 2.57 bits per heavy atom. The van der Waals surface area contributed by atoms with Crippen molar-refractivity contribution in [3.05, 3.63) is 18.1 Å². The molecule has 2 aromatic heterocycles. The second-order valence-corrected chi connectivity index (χ2v) is 6.86. The van der Waals surface area contributed by atoms with Crippen molar-refractivity contribution in [2.24, 2.45) is 0 Å². The Morgan fingerprint density at radius 2 is 1.78 bits per heavy atom. The molecule has 6 heteroatoms. The molecule has 23 heavy (non-hydrogen) atoms. The molecule has 2 aromatic rings. The topological polar surface area (TPSA) is 51.3 Å². The molecule has 0 radical (unpaired) electrons. The van der Waals surface area contributed by atoms with Gasteiger partial charge in [-0.2, -0.15) is 0 Å². The average Bonchev–Trinajstić information content (AvgIpc) is 3.01. The van der Waals surface area contributed by atoms with Gasteiger partial charge < -0.3 is 14.8 Å². The molecule has 0 saturated carbocycles. The lowest BCUT2D eigenvalue weighted by Crippen LogP contribution is -2.43. The van der Waals surface area contributed by atoms with Gasteiger partial charge in [0, 0.05) is 52.0 Å². The molecule has 4 rings (SSSR count). The molecule has 0 bridgehead atoms. The number of hydrogen-bond acceptors (Lipinski definition) is 5. The number of anilines is 1. The van der Waals surface area contributed by atoms with Crippen molar-refractivity contribution in [2.75, 3.05) is 51.2 Å². The summed E-state index contributed by atoms with van der Waals surface area (Å²) in [6.07, 6.45) is 7.70. The largest absolute Gasteiger partial charge is 0.356 e. The summed E-state index contributed by atoms with van der Waals surface area (Å²) in [5.74, 6) is 1.13. The molecule has 2 aliphatic heterocycles. The molecule has 2 fully saturated rings. The van der Waals surface area contributed by atoms with Crippen molar-refractivity contribution in [1.29, 1.82) is 0 Å². The van der Waals surface area contributed by atoms with Crippen molar-refractivity contribution in [1.82, 2.24) is 24.8 Å². The molecule has 0 unspecified atom stereocenters. The molecule has 4 heterocycles. The molecule has 0 aromatic carbocycles. The highest BCUT2D eigenvalue weighted by molar-refractivity contribution is 5.90. The lowest BCUT2D eigenvalue weighted by atomic mass is 10.1. The van der Waals surface area contributed by atoms with Gasteiger partial charge in [-0.3, -0.25) is 4.90 Å². The number of piperazine rings is 1. The first kappa shape index (κ1) is 14.9. The van der Waals surface area contributed by atoms with E-state index in [4.69, 9.17) is 0 Å². The summed E-state index contributed by atoms with van der Waals surface area (Å²) in [5.41, 5.74) is 2.32. The summed E-state index contributed by atoms with van der Waals surface area (Å²) < 4.78 is 0. The maximum Gasteiger partial charge on any atom is 0.143 e.